The van der Waals surface area contributed by atoms with Crippen molar-refractivity contribution in [2.75, 3.05) is 25.1 Å². The van der Waals surface area contributed by atoms with Crippen LogP contribution >= 0.6 is 0 Å². The molecule has 110 valence electrons. The van der Waals surface area contributed by atoms with E-state index < -0.39 is 0 Å². The molecule has 0 N–H and O–H groups in total. The summed E-state index contributed by atoms with van der Waals surface area (Å²) in [6.07, 6.45) is 0. The van der Waals surface area contributed by atoms with E-state index in [0.717, 1.165) is 18.8 Å². The summed E-state index contributed by atoms with van der Waals surface area (Å²) in [6, 6.07) is 15.0. The molecule has 0 heterocycles. The fourth-order valence-electron chi connectivity index (χ4n) is 2.40. The van der Waals surface area contributed by atoms with Crippen molar-refractivity contribution < 1.29 is 9.53 Å². The Balaban J connectivity index is 2.39. The van der Waals surface area contributed by atoms with Crippen molar-refractivity contribution >= 4 is 11.5 Å². The van der Waals surface area contributed by atoms with Crippen molar-refractivity contribution in [2.24, 2.45) is 0 Å². The molecule has 3 nitrogen and oxygen atoms in total. The molecule has 0 saturated heterocycles. The molecular formula is C18H21NO2. The Labute approximate surface area is 126 Å². The summed E-state index contributed by atoms with van der Waals surface area (Å²) in [5.74, 6) is 0.604. The van der Waals surface area contributed by atoms with Crippen molar-refractivity contribution in [1.82, 2.24) is 0 Å². The highest BCUT2D eigenvalue weighted by molar-refractivity contribution is 6.10. The number of ketones is 1. The minimum Gasteiger partial charge on any atom is -0.496 e. The zero-order valence-corrected chi connectivity index (χ0v) is 12.8. The van der Waals surface area contributed by atoms with Crippen LogP contribution in [-0.4, -0.2) is 26.0 Å². The van der Waals surface area contributed by atoms with E-state index in [4.69, 9.17) is 4.74 Å². The first-order valence-corrected chi connectivity index (χ1v) is 7.24. The Morgan fingerprint density at radius 3 is 2.29 bits per heavy atom. The van der Waals surface area contributed by atoms with E-state index in [0.29, 0.717) is 16.9 Å². The SMILES string of the molecule is CCN(CC)c1ccc(C(=O)c2ccccc2)c(OC)c1. The van der Waals surface area contributed by atoms with Crippen LogP contribution in [0.15, 0.2) is 48.5 Å². The average Bonchev–Trinajstić information content (AvgIpc) is 2.56. The van der Waals surface area contributed by atoms with Crippen molar-refractivity contribution in [3.63, 3.8) is 0 Å². The molecule has 0 unspecified atom stereocenters. The van der Waals surface area contributed by atoms with E-state index in [2.05, 4.69) is 18.7 Å². The van der Waals surface area contributed by atoms with E-state index in [1.807, 2.05) is 48.5 Å². The van der Waals surface area contributed by atoms with Crippen LogP contribution < -0.4 is 9.64 Å². The molecule has 0 atom stereocenters. The van der Waals surface area contributed by atoms with Crippen molar-refractivity contribution in [3.05, 3.63) is 59.7 Å². The van der Waals surface area contributed by atoms with Crippen LogP contribution in [-0.2, 0) is 0 Å². The van der Waals surface area contributed by atoms with Gasteiger partial charge in [0.15, 0.2) is 5.78 Å². The van der Waals surface area contributed by atoms with Gasteiger partial charge in [-0.05, 0) is 26.0 Å². The molecule has 0 amide bonds. The quantitative estimate of drug-likeness (QED) is 0.756. The zero-order valence-electron chi connectivity index (χ0n) is 12.8. The number of hydrogen-bond acceptors (Lipinski definition) is 3. The Morgan fingerprint density at radius 2 is 1.71 bits per heavy atom. The van der Waals surface area contributed by atoms with Crippen molar-refractivity contribution in [1.29, 1.82) is 0 Å². The highest BCUT2D eigenvalue weighted by Crippen LogP contribution is 2.27. The summed E-state index contributed by atoms with van der Waals surface area (Å²) in [7, 11) is 1.60. The number of carbonyl (C=O) groups is 1. The first-order chi connectivity index (χ1) is 10.2. The third kappa shape index (κ3) is 3.24. The second-order valence-electron chi connectivity index (χ2n) is 4.75. The smallest absolute Gasteiger partial charge is 0.196 e. The van der Waals surface area contributed by atoms with Crippen LogP contribution in [0.4, 0.5) is 5.69 Å². The molecule has 0 radical (unpaired) electrons. The standard InChI is InChI=1S/C18H21NO2/c1-4-19(5-2)15-11-12-16(17(13-15)21-3)18(20)14-9-7-6-8-10-14/h6-13H,4-5H2,1-3H3. The van der Waals surface area contributed by atoms with Gasteiger partial charge in [-0.3, -0.25) is 4.79 Å². The van der Waals surface area contributed by atoms with E-state index in [1.54, 1.807) is 7.11 Å². The summed E-state index contributed by atoms with van der Waals surface area (Å²) in [4.78, 5) is 14.8. The van der Waals surface area contributed by atoms with Crippen LogP contribution in [0, 0.1) is 0 Å². The van der Waals surface area contributed by atoms with Crippen LogP contribution in [0.5, 0.6) is 5.75 Å². The predicted octanol–water partition coefficient (Wildman–Crippen LogP) is 3.77. The molecule has 0 saturated carbocycles. The zero-order chi connectivity index (χ0) is 15.2. The summed E-state index contributed by atoms with van der Waals surface area (Å²) in [5.41, 5.74) is 2.34. The molecule has 0 aliphatic rings. The molecule has 0 fully saturated rings. The first kappa shape index (κ1) is 15.1. The van der Waals surface area contributed by atoms with Crippen molar-refractivity contribution in [3.8, 4) is 5.75 Å². The maximum atomic E-state index is 12.6. The monoisotopic (exact) mass is 283 g/mol. The molecule has 2 aromatic carbocycles. The number of rotatable bonds is 6. The maximum Gasteiger partial charge on any atom is 0.196 e. The highest BCUT2D eigenvalue weighted by atomic mass is 16.5. The van der Waals surface area contributed by atoms with Gasteiger partial charge in [-0.25, -0.2) is 0 Å². The Kier molecular flexibility index (Phi) is 4.99. The molecule has 3 heteroatoms. The van der Waals surface area contributed by atoms with E-state index >= 15 is 0 Å². The van der Waals surface area contributed by atoms with Gasteiger partial charge in [0.05, 0.1) is 12.7 Å². The van der Waals surface area contributed by atoms with Gasteiger partial charge in [-0.1, -0.05) is 30.3 Å². The second-order valence-corrected chi connectivity index (χ2v) is 4.75. The third-order valence-corrected chi connectivity index (χ3v) is 3.59. The normalized spacial score (nSPS) is 10.2. The largest absolute Gasteiger partial charge is 0.496 e. The predicted molar refractivity (Wildman–Crippen MR) is 86.4 cm³/mol. The van der Waals surface area contributed by atoms with Gasteiger partial charge < -0.3 is 9.64 Å². The average molecular weight is 283 g/mol. The fourth-order valence-corrected chi connectivity index (χ4v) is 2.40. The number of benzene rings is 2. The lowest BCUT2D eigenvalue weighted by atomic mass is 10.0. The fraction of sp³-hybridized carbons (Fsp3) is 0.278. The van der Waals surface area contributed by atoms with Crippen molar-refractivity contribution in [2.45, 2.75) is 13.8 Å². The molecule has 2 aromatic rings. The number of anilines is 1. The minimum absolute atomic E-state index is 0.0152. The molecule has 0 spiro atoms. The molecule has 0 aliphatic heterocycles. The lowest BCUT2D eigenvalue weighted by Crippen LogP contribution is -2.22. The van der Waals surface area contributed by atoms with E-state index in [-0.39, 0.29) is 5.78 Å². The number of methoxy groups -OCH3 is 1. The number of nitrogens with zero attached hydrogens (tertiary/aromatic N) is 1. The van der Waals surface area contributed by atoms with Gasteiger partial charge in [-0.2, -0.15) is 0 Å². The van der Waals surface area contributed by atoms with Crippen LogP contribution in [0.1, 0.15) is 29.8 Å². The molecule has 0 aromatic heterocycles. The minimum atomic E-state index is -0.0152. The van der Waals surface area contributed by atoms with Crippen LogP contribution in [0.3, 0.4) is 0 Å². The van der Waals surface area contributed by atoms with Crippen LogP contribution in [0.25, 0.3) is 0 Å². The van der Waals surface area contributed by atoms with Gasteiger partial charge in [-0.15, -0.1) is 0 Å². The van der Waals surface area contributed by atoms with Crippen LogP contribution in [0.2, 0.25) is 0 Å². The topological polar surface area (TPSA) is 29.5 Å². The molecular weight excluding hydrogens is 262 g/mol. The number of carbonyl (C=O) groups excluding carboxylic acids is 1. The van der Waals surface area contributed by atoms with E-state index in [1.165, 1.54) is 0 Å². The van der Waals surface area contributed by atoms with Gasteiger partial charge in [0, 0.05) is 30.4 Å². The second kappa shape index (κ2) is 6.93. The molecule has 0 bridgehead atoms. The molecule has 2 rings (SSSR count). The van der Waals surface area contributed by atoms with Gasteiger partial charge >= 0.3 is 0 Å². The maximum absolute atomic E-state index is 12.6. The number of hydrogen-bond donors (Lipinski definition) is 0. The molecule has 0 aliphatic carbocycles. The Morgan fingerprint density at radius 1 is 1.05 bits per heavy atom. The lowest BCUT2D eigenvalue weighted by molar-refractivity contribution is 0.103. The van der Waals surface area contributed by atoms with E-state index in [9.17, 15) is 4.79 Å². The van der Waals surface area contributed by atoms with Gasteiger partial charge in [0.2, 0.25) is 0 Å². The summed E-state index contributed by atoms with van der Waals surface area (Å²) >= 11 is 0. The van der Waals surface area contributed by atoms with Gasteiger partial charge in [0.1, 0.15) is 5.75 Å². The summed E-state index contributed by atoms with van der Waals surface area (Å²) in [5, 5.41) is 0. The first-order valence-electron chi connectivity index (χ1n) is 7.24. The Bertz CT molecular complexity index is 604. The summed E-state index contributed by atoms with van der Waals surface area (Å²) < 4.78 is 5.42. The Hall–Kier alpha value is -2.29. The molecule has 21 heavy (non-hydrogen) atoms. The van der Waals surface area contributed by atoms with Gasteiger partial charge in [0.25, 0.3) is 0 Å². The number of ether oxygens (including phenoxy) is 1. The highest BCUT2D eigenvalue weighted by Gasteiger charge is 2.15. The summed E-state index contributed by atoms with van der Waals surface area (Å²) in [6.45, 7) is 6.06. The lowest BCUT2D eigenvalue weighted by Gasteiger charge is -2.22. The third-order valence-electron chi connectivity index (χ3n) is 3.59.